The Labute approximate surface area is 135 Å². The van der Waals surface area contributed by atoms with Crippen LogP contribution in [0.1, 0.15) is 23.8 Å². The minimum Gasteiger partial charge on any atom is -0.322 e. The number of benzene rings is 1. The van der Waals surface area contributed by atoms with Gasteiger partial charge in [-0.25, -0.2) is 13.2 Å². The minimum atomic E-state index is -1.58. The van der Waals surface area contributed by atoms with Crippen LogP contribution in [0.3, 0.4) is 0 Å². The second-order valence-corrected chi connectivity index (χ2v) is 6.39. The van der Waals surface area contributed by atoms with Crippen molar-refractivity contribution in [2.75, 3.05) is 18.4 Å². The Kier molecular flexibility index (Phi) is 4.68. The van der Waals surface area contributed by atoms with E-state index in [1.165, 1.54) is 4.88 Å². The SMILES string of the molecule is O=C(CN1CCC[C@@H]1c1cccs1)Nc1ccc(F)c(F)c1F. The van der Waals surface area contributed by atoms with Crippen molar-refractivity contribution >= 4 is 22.9 Å². The Morgan fingerprint density at radius 1 is 1.26 bits per heavy atom. The summed E-state index contributed by atoms with van der Waals surface area (Å²) in [5.41, 5.74) is -0.347. The van der Waals surface area contributed by atoms with Crippen LogP contribution in [0.5, 0.6) is 0 Å². The zero-order chi connectivity index (χ0) is 16.4. The number of anilines is 1. The zero-order valence-electron chi connectivity index (χ0n) is 12.2. The van der Waals surface area contributed by atoms with Crippen molar-refractivity contribution < 1.29 is 18.0 Å². The maximum atomic E-state index is 13.6. The standard InChI is InChI=1S/C16H15F3N2OS/c17-10-5-6-11(16(19)15(10)18)20-14(22)9-21-7-1-3-12(21)13-4-2-8-23-13/h2,4-6,8,12H,1,3,7,9H2,(H,20,22)/t12-/m1/s1. The molecule has 2 heterocycles. The molecule has 7 heteroatoms. The van der Waals surface area contributed by atoms with E-state index >= 15 is 0 Å². The van der Waals surface area contributed by atoms with E-state index in [0.29, 0.717) is 0 Å². The molecule has 23 heavy (non-hydrogen) atoms. The summed E-state index contributed by atoms with van der Waals surface area (Å²) < 4.78 is 39.7. The molecule has 1 N–H and O–H groups in total. The van der Waals surface area contributed by atoms with Gasteiger partial charge in [-0.3, -0.25) is 9.69 Å². The minimum absolute atomic E-state index is 0.0843. The average molecular weight is 340 g/mol. The number of likely N-dealkylation sites (tertiary alicyclic amines) is 1. The molecule has 0 bridgehead atoms. The number of carbonyl (C=O) groups excluding carboxylic acids is 1. The van der Waals surface area contributed by atoms with Crippen LogP contribution in [-0.4, -0.2) is 23.9 Å². The molecule has 3 nitrogen and oxygen atoms in total. The first-order valence-electron chi connectivity index (χ1n) is 7.27. The van der Waals surface area contributed by atoms with Gasteiger partial charge in [-0.2, -0.15) is 0 Å². The van der Waals surface area contributed by atoms with E-state index in [-0.39, 0.29) is 18.3 Å². The van der Waals surface area contributed by atoms with Crippen LogP contribution in [0.15, 0.2) is 29.6 Å². The summed E-state index contributed by atoms with van der Waals surface area (Å²) in [6, 6.07) is 5.98. The highest BCUT2D eigenvalue weighted by atomic mass is 32.1. The summed E-state index contributed by atoms with van der Waals surface area (Å²) in [6.45, 7) is 0.858. The van der Waals surface area contributed by atoms with Gasteiger partial charge in [-0.1, -0.05) is 6.07 Å². The molecule has 1 amide bonds. The summed E-state index contributed by atoms with van der Waals surface area (Å²) in [5.74, 6) is -4.69. The van der Waals surface area contributed by atoms with Crippen molar-refractivity contribution in [3.63, 3.8) is 0 Å². The van der Waals surface area contributed by atoms with Gasteiger partial charge in [0.2, 0.25) is 5.91 Å². The molecule has 0 radical (unpaired) electrons. The van der Waals surface area contributed by atoms with E-state index in [9.17, 15) is 18.0 Å². The normalized spacial score (nSPS) is 18.3. The van der Waals surface area contributed by atoms with Crippen LogP contribution in [0.25, 0.3) is 0 Å². The lowest BCUT2D eigenvalue weighted by molar-refractivity contribution is -0.117. The molecule has 1 aliphatic heterocycles. The molecule has 1 aromatic carbocycles. The summed E-state index contributed by atoms with van der Waals surface area (Å²) in [4.78, 5) is 15.3. The van der Waals surface area contributed by atoms with Crippen LogP contribution in [-0.2, 0) is 4.79 Å². The number of rotatable bonds is 4. The number of hydrogen-bond donors (Lipinski definition) is 1. The highest BCUT2D eigenvalue weighted by Gasteiger charge is 2.28. The molecule has 122 valence electrons. The van der Waals surface area contributed by atoms with Gasteiger partial charge in [0.15, 0.2) is 17.5 Å². The van der Waals surface area contributed by atoms with Crippen molar-refractivity contribution in [3.05, 3.63) is 52.0 Å². The van der Waals surface area contributed by atoms with Crippen molar-refractivity contribution in [2.24, 2.45) is 0 Å². The van der Waals surface area contributed by atoms with Gasteiger partial charge in [-0.05, 0) is 43.0 Å². The lowest BCUT2D eigenvalue weighted by Gasteiger charge is -2.23. The van der Waals surface area contributed by atoms with Crippen LogP contribution < -0.4 is 5.32 Å². The van der Waals surface area contributed by atoms with Crippen LogP contribution in [0.2, 0.25) is 0 Å². The fraction of sp³-hybridized carbons (Fsp3) is 0.312. The van der Waals surface area contributed by atoms with Gasteiger partial charge < -0.3 is 5.32 Å². The van der Waals surface area contributed by atoms with Gasteiger partial charge in [0, 0.05) is 10.9 Å². The number of amides is 1. The Bertz CT molecular complexity index is 706. The summed E-state index contributed by atoms with van der Waals surface area (Å²) in [5, 5.41) is 4.30. The Morgan fingerprint density at radius 3 is 2.83 bits per heavy atom. The first-order valence-corrected chi connectivity index (χ1v) is 8.15. The number of carbonyl (C=O) groups is 1. The van der Waals surface area contributed by atoms with Crippen molar-refractivity contribution in [2.45, 2.75) is 18.9 Å². The van der Waals surface area contributed by atoms with Crippen molar-refractivity contribution in [1.29, 1.82) is 0 Å². The predicted octanol–water partition coefficient (Wildman–Crippen LogP) is 3.94. The third kappa shape index (κ3) is 3.40. The molecule has 0 unspecified atom stereocenters. The molecule has 1 fully saturated rings. The smallest absolute Gasteiger partial charge is 0.238 e. The monoisotopic (exact) mass is 340 g/mol. The third-order valence-electron chi connectivity index (χ3n) is 3.89. The molecule has 1 aliphatic rings. The maximum Gasteiger partial charge on any atom is 0.238 e. The molecule has 0 aliphatic carbocycles. The zero-order valence-corrected chi connectivity index (χ0v) is 13.0. The largest absolute Gasteiger partial charge is 0.322 e. The summed E-state index contributed by atoms with van der Waals surface area (Å²) in [7, 11) is 0. The molecular formula is C16H15F3N2OS. The Hall–Kier alpha value is -1.86. The number of nitrogens with one attached hydrogen (secondary N) is 1. The Morgan fingerprint density at radius 2 is 2.09 bits per heavy atom. The van der Waals surface area contributed by atoms with Crippen molar-refractivity contribution in [3.8, 4) is 0 Å². The van der Waals surface area contributed by atoms with Crippen LogP contribution in [0.4, 0.5) is 18.9 Å². The van der Waals surface area contributed by atoms with E-state index in [0.717, 1.165) is 31.5 Å². The van der Waals surface area contributed by atoms with E-state index in [1.54, 1.807) is 11.3 Å². The molecule has 2 aromatic rings. The third-order valence-corrected chi connectivity index (χ3v) is 4.86. The number of nitrogens with zero attached hydrogens (tertiary/aromatic N) is 1. The van der Waals surface area contributed by atoms with Gasteiger partial charge in [-0.15, -0.1) is 11.3 Å². The fourth-order valence-electron chi connectivity index (χ4n) is 2.82. The van der Waals surface area contributed by atoms with E-state index in [2.05, 4.69) is 5.32 Å². The molecular weight excluding hydrogens is 325 g/mol. The molecule has 0 spiro atoms. The number of thiophene rings is 1. The van der Waals surface area contributed by atoms with E-state index in [1.807, 2.05) is 22.4 Å². The van der Waals surface area contributed by atoms with Crippen molar-refractivity contribution in [1.82, 2.24) is 4.90 Å². The van der Waals surface area contributed by atoms with Gasteiger partial charge >= 0.3 is 0 Å². The lowest BCUT2D eigenvalue weighted by atomic mass is 10.2. The summed E-state index contributed by atoms with van der Waals surface area (Å²) in [6.07, 6.45) is 1.95. The first kappa shape index (κ1) is 16.0. The van der Waals surface area contributed by atoms with E-state index < -0.39 is 23.4 Å². The van der Waals surface area contributed by atoms with Crippen LogP contribution >= 0.6 is 11.3 Å². The maximum absolute atomic E-state index is 13.6. The molecule has 3 rings (SSSR count). The Balaban J connectivity index is 1.67. The predicted molar refractivity (Wildman–Crippen MR) is 82.8 cm³/mol. The molecule has 1 saturated heterocycles. The average Bonchev–Trinajstić information content (AvgIpc) is 3.18. The van der Waals surface area contributed by atoms with Gasteiger partial charge in [0.1, 0.15) is 0 Å². The topological polar surface area (TPSA) is 32.3 Å². The highest BCUT2D eigenvalue weighted by molar-refractivity contribution is 7.10. The summed E-state index contributed by atoms with van der Waals surface area (Å²) >= 11 is 1.64. The highest BCUT2D eigenvalue weighted by Crippen LogP contribution is 2.34. The molecule has 0 saturated carbocycles. The number of hydrogen-bond acceptors (Lipinski definition) is 3. The van der Waals surface area contributed by atoms with E-state index in [4.69, 9.17) is 0 Å². The molecule has 1 aromatic heterocycles. The lowest BCUT2D eigenvalue weighted by Crippen LogP contribution is -2.32. The van der Waals surface area contributed by atoms with Crippen LogP contribution in [0, 0.1) is 17.5 Å². The van der Waals surface area contributed by atoms with Gasteiger partial charge in [0.25, 0.3) is 0 Å². The fourth-order valence-corrected chi connectivity index (χ4v) is 3.71. The molecule has 1 atom stereocenters. The van der Waals surface area contributed by atoms with Gasteiger partial charge in [0.05, 0.1) is 12.2 Å². The second kappa shape index (κ2) is 6.72. The quantitative estimate of drug-likeness (QED) is 0.855. The number of halogens is 3. The first-order chi connectivity index (χ1) is 11.1. The second-order valence-electron chi connectivity index (χ2n) is 5.42.